The van der Waals surface area contributed by atoms with E-state index in [2.05, 4.69) is 36.1 Å². The average Bonchev–Trinajstić information content (AvgIpc) is 3.42. The van der Waals surface area contributed by atoms with Crippen molar-refractivity contribution in [2.75, 3.05) is 5.32 Å². The minimum Gasteiger partial charge on any atom is -0.404 e. The molecule has 4 aliphatic rings. The number of carbonyl (C=O) groups is 2. The number of nitrogens with zero attached hydrogens (tertiary/aromatic N) is 4. The molecule has 0 spiro atoms. The Bertz CT molecular complexity index is 1260. The summed E-state index contributed by atoms with van der Waals surface area (Å²) in [6, 6.07) is 4.90. The van der Waals surface area contributed by atoms with E-state index in [9.17, 15) is 22.8 Å². The van der Waals surface area contributed by atoms with Crippen molar-refractivity contribution in [3.63, 3.8) is 0 Å². The molecule has 0 bridgehead atoms. The highest BCUT2D eigenvalue weighted by molar-refractivity contribution is 6.11. The number of nitrogens with one attached hydrogen (secondary N) is 4. The molecule has 1 aromatic carbocycles. The third-order valence-corrected chi connectivity index (χ3v) is 5.35. The smallest absolute Gasteiger partial charge is 0.404 e. The molecular formula is C21H17F3N8O3. The van der Waals surface area contributed by atoms with Crippen molar-refractivity contribution >= 4 is 29.7 Å². The van der Waals surface area contributed by atoms with Crippen molar-refractivity contribution in [3.8, 4) is 11.8 Å². The number of amides is 3. The molecule has 2 atom stereocenters. The number of anilines is 1. The van der Waals surface area contributed by atoms with E-state index >= 15 is 0 Å². The van der Waals surface area contributed by atoms with E-state index in [0.29, 0.717) is 11.7 Å². The number of hydrazone groups is 1. The van der Waals surface area contributed by atoms with Gasteiger partial charge in [-0.25, -0.2) is 9.80 Å². The molecule has 180 valence electrons. The fourth-order valence-electron chi connectivity index (χ4n) is 3.65. The number of hydrogen-bond donors (Lipinski definition) is 4. The van der Waals surface area contributed by atoms with Crippen LogP contribution < -0.4 is 26.0 Å². The van der Waals surface area contributed by atoms with Gasteiger partial charge in [-0.15, -0.1) is 13.2 Å². The number of halogens is 3. The van der Waals surface area contributed by atoms with Gasteiger partial charge in [0, 0.05) is 18.4 Å². The van der Waals surface area contributed by atoms with Crippen LogP contribution in [0.25, 0.3) is 0 Å². The van der Waals surface area contributed by atoms with Crippen molar-refractivity contribution in [1.82, 2.24) is 21.0 Å². The minimum atomic E-state index is -4.96. The van der Waals surface area contributed by atoms with Crippen LogP contribution in [0.15, 0.2) is 52.0 Å². The van der Waals surface area contributed by atoms with E-state index in [4.69, 9.17) is 5.26 Å². The van der Waals surface area contributed by atoms with E-state index in [-0.39, 0.29) is 23.0 Å². The van der Waals surface area contributed by atoms with Crippen molar-refractivity contribution in [2.45, 2.75) is 31.4 Å². The number of aliphatic imine (C=N–C) groups is 1. The third-order valence-electron chi connectivity index (χ3n) is 5.35. The zero-order valence-corrected chi connectivity index (χ0v) is 17.8. The highest BCUT2D eigenvalue weighted by Crippen LogP contribution is 2.34. The van der Waals surface area contributed by atoms with Crippen LogP contribution in [0.4, 0.5) is 23.7 Å². The number of fused-ring (bicyclic) bond motifs is 1. The molecule has 3 heterocycles. The normalized spacial score (nSPS) is 25.5. The second-order valence-electron chi connectivity index (χ2n) is 8.04. The minimum absolute atomic E-state index is 0.00434. The molecule has 5 rings (SSSR count). The van der Waals surface area contributed by atoms with Gasteiger partial charge in [-0.1, -0.05) is 0 Å². The maximum Gasteiger partial charge on any atom is 0.573 e. The summed E-state index contributed by atoms with van der Waals surface area (Å²) in [5, 5.41) is 25.6. The summed E-state index contributed by atoms with van der Waals surface area (Å²) in [6.07, 6.45) is 0.977. The van der Waals surface area contributed by atoms with E-state index in [0.717, 1.165) is 18.9 Å². The van der Waals surface area contributed by atoms with Crippen LogP contribution in [0.1, 0.15) is 18.4 Å². The van der Waals surface area contributed by atoms with E-state index in [1.165, 1.54) is 18.2 Å². The standard InChI is InChI=1S/C21H17F3N8O3/c22-21(23,24)35-15-5-10(8-25)1-4-13(15)28-16-7-17(27-12-2-3-12)32-18(30-16)11(9-26-32)6-14-19(33)31-20(34)29-14/h1,4-7,9,11-12,18,28,30H,2-3H2,(H2,29,31,33,34)/b14-6-,27-17?. The van der Waals surface area contributed by atoms with Crippen LogP contribution in [0.5, 0.6) is 5.75 Å². The largest absolute Gasteiger partial charge is 0.573 e. The number of urea groups is 1. The van der Waals surface area contributed by atoms with Crippen molar-refractivity contribution in [1.29, 1.82) is 5.26 Å². The van der Waals surface area contributed by atoms with Crippen LogP contribution in [0.3, 0.4) is 0 Å². The second kappa shape index (κ2) is 8.35. The molecule has 1 saturated heterocycles. The first-order valence-electron chi connectivity index (χ1n) is 10.5. The highest BCUT2D eigenvalue weighted by atomic mass is 19.4. The summed E-state index contributed by atoms with van der Waals surface area (Å²) in [7, 11) is 0. The van der Waals surface area contributed by atoms with Gasteiger partial charge < -0.3 is 20.7 Å². The predicted octanol–water partition coefficient (Wildman–Crippen LogP) is 1.84. The molecule has 2 fully saturated rings. The molecule has 35 heavy (non-hydrogen) atoms. The molecule has 11 nitrogen and oxygen atoms in total. The Morgan fingerprint density at radius 1 is 1.29 bits per heavy atom. The fraction of sp³-hybridized carbons (Fsp3) is 0.286. The number of imide groups is 1. The molecule has 1 saturated carbocycles. The van der Waals surface area contributed by atoms with E-state index < -0.39 is 36.1 Å². The Hall–Kier alpha value is -4.54. The summed E-state index contributed by atoms with van der Waals surface area (Å²) in [5.41, 5.74) is 0.0265. The molecule has 1 aliphatic carbocycles. The van der Waals surface area contributed by atoms with Gasteiger partial charge in [-0.3, -0.25) is 15.1 Å². The Morgan fingerprint density at radius 2 is 2.09 bits per heavy atom. The first-order chi connectivity index (χ1) is 16.7. The summed E-state index contributed by atoms with van der Waals surface area (Å²) in [6.45, 7) is 0. The number of alkyl halides is 3. The molecule has 0 radical (unpaired) electrons. The number of benzene rings is 1. The molecule has 0 aromatic heterocycles. The number of amidine groups is 1. The monoisotopic (exact) mass is 486 g/mol. The summed E-state index contributed by atoms with van der Waals surface area (Å²) in [5.74, 6) is -0.867. The lowest BCUT2D eigenvalue weighted by Gasteiger charge is -2.34. The number of rotatable bonds is 5. The molecule has 2 unspecified atom stereocenters. The maximum absolute atomic E-state index is 13.0. The zero-order valence-electron chi connectivity index (χ0n) is 17.8. The van der Waals surface area contributed by atoms with Gasteiger partial charge in [0.2, 0.25) is 0 Å². The van der Waals surface area contributed by atoms with Gasteiger partial charge in [0.25, 0.3) is 5.91 Å². The molecule has 4 N–H and O–H groups in total. The quantitative estimate of drug-likeness (QED) is 0.367. The van der Waals surface area contributed by atoms with E-state index in [1.807, 2.05) is 0 Å². The molecule has 3 aliphatic heterocycles. The Balaban J connectivity index is 1.44. The Kier molecular flexibility index (Phi) is 5.31. The van der Waals surface area contributed by atoms with Crippen LogP contribution in [0.2, 0.25) is 0 Å². The van der Waals surface area contributed by atoms with Gasteiger partial charge in [-0.2, -0.15) is 10.4 Å². The molecule has 14 heteroatoms. The Labute approximate surface area is 196 Å². The number of hydrogen-bond acceptors (Lipinski definition) is 8. The lowest BCUT2D eigenvalue weighted by molar-refractivity contribution is -0.274. The van der Waals surface area contributed by atoms with Crippen LogP contribution in [0, 0.1) is 17.2 Å². The topological polar surface area (TPSA) is 143 Å². The average molecular weight is 486 g/mol. The van der Waals surface area contributed by atoms with Crippen molar-refractivity contribution in [3.05, 3.63) is 47.4 Å². The lowest BCUT2D eigenvalue weighted by Crippen LogP contribution is -2.51. The van der Waals surface area contributed by atoms with Crippen molar-refractivity contribution in [2.24, 2.45) is 16.0 Å². The predicted molar refractivity (Wildman–Crippen MR) is 116 cm³/mol. The summed E-state index contributed by atoms with van der Waals surface area (Å²) >= 11 is 0. The van der Waals surface area contributed by atoms with Gasteiger partial charge in [-0.05, 0) is 31.1 Å². The number of nitriles is 1. The molecular weight excluding hydrogens is 469 g/mol. The first kappa shape index (κ1) is 22.3. The SMILES string of the molecule is N#Cc1ccc(NC2=CC(=NC3CC3)N3N=CC(/C=C4\NC(=O)NC4=O)C3N2)c(OC(F)(F)F)c1. The third kappa shape index (κ3) is 4.88. The number of carbonyl (C=O) groups excluding carboxylic acids is 2. The maximum atomic E-state index is 13.0. The van der Waals surface area contributed by atoms with Gasteiger partial charge >= 0.3 is 12.4 Å². The number of ether oxygens (including phenoxy) is 1. The highest BCUT2D eigenvalue weighted by Gasteiger charge is 2.39. The molecule has 1 aromatic rings. The summed E-state index contributed by atoms with van der Waals surface area (Å²) in [4.78, 5) is 28.0. The van der Waals surface area contributed by atoms with E-state index in [1.54, 1.807) is 23.4 Å². The van der Waals surface area contributed by atoms with Gasteiger partial charge in [0.05, 0.1) is 29.3 Å². The van der Waals surface area contributed by atoms with Crippen molar-refractivity contribution < 1.29 is 27.5 Å². The van der Waals surface area contributed by atoms with Crippen LogP contribution >= 0.6 is 0 Å². The fourth-order valence-corrected chi connectivity index (χ4v) is 3.65. The molecule has 3 amide bonds. The summed E-state index contributed by atoms with van der Waals surface area (Å²) < 4.78 is 43.0. The first-order valence-corrected chi connectivity index (χ1v) is 10.5. The lowest BCUT2D eigenvalue weighted by atomic mass is 10.1. The van der Waals surface area contributed by atoms with Crippen LogP contribution in [-0.2, 0) is 4.79 Å². The van der Waals surface area contributed by atoms with Gasteiger partial charge in [0.1, 0.15) is 23.5 Å². The Morgan fingerprint density at radius 3 is 2.74 bits per heavy atom. The van der Waals surface area contributed by atoms with Gasteiger partial charge in [0.15, 0.2) is 5.75 Å². The zero-order chi connectivity index (χ0) is 24.7. The van der Waals surface area contributed by atoms with Crippen LogP contribution in [-0.4, -0.2) is 47.6 Å². The second-order valence-corrected chi connectivity index (χ2v) is 8.04.